The van der Waals surface area contributed by atoms with E-state index in [1.807, 2.05) is 18.2 Å². The molecule has 0 N–H and O–H groups in total. The number of carbonyl (C=O) groups excluding carboxylic acids is 1. The molecule has 0 saturated carbocycles. The Morgan fingerprint density at radius 2 is 1.86 bits per heavy atom. The summed E-state index contributed by atoms with van der Waals surface area (Å²) in [7, 11) is 0. The van der Waals surface area contributed by atoms with Gasteiger partial charge in [0.25, 0.3) is 0 Å². The van der Waals surface area contributed by atoms with E-state index in [0.717, 1.165) is 11.8 Å². The number of hydrogen-bond acceptors (Lipinski definition) is 1. The first-order valence-corrected chi connectivity index (χ1v) is 4.67. The van der Waals surface area contributed by atoms with Gasteiger partial charge in [-0.2, -0.15) is 0 Å². The van der Waals surface area contributed by atoms with Crippen LogP contribution in [0.25, 0.3) is 10.8 Å². The lowest BCUT2D eigenvalue weighted by atomic mass is 10.0. The van der Waals surface area contributed by atoms with E-state index in [1.54, 1.807) is 0 Å². The van der Waals surface area contributed by atoms with Gasteiger partial charge in [-0.3, -0.25) is 4.79 Å². The van der Waals surface area contributed by atoms with E-state index >= 15 is 0 Å². The van der Waals surface area contributed by atoms with Crippen LogP contribution in [0.1, 0.15) is 21.5 Å². The molecule has 0 aromatic heterocycles. The lowest BCUT2D eigenvalue weighted by molar-refractivity contribution is 0.112. The van der Waals surface area contributed by atoms with Crippen LogP contribution in [0.5, 0.6) is 0 Å². The number of benzene rings is 2. The maximum absolute atomic E-state index is 10.6. The lowest BCUT2D eigenvalue weighted by Crippen LogP contribution is -1.84. The van der Waals surface area contributed by atoms with Gasteiger partial charge in [0.1, 0.15) is 6.29 Å². The van der Waals surface area contributed by atoms with E-state index in [-0.39, 0.29) is 0 Å². The molecule has 0 spiro atoms. The summed E-state index contributed by atoms with van der Waals surface area (Å²) in [6.45, 7) is 4.16. The van der Waals surface area contributed by atoms with Gasteiger partial charge in [0.15, 0.2) is 0 Å². The highest BCUT2D eigenvalue weighted by atomic mass is 16.1. The minimum absolute atomic E-state index is 0.740. The third kappa shape index (κ3) is 1.41. The summed E-state index contributed by atoms with van der Waals surface area (Å²) < 4.78 is 0. The molecular formula is C13H12O. The SMILES string of the molecule is Cc1cc(C)c2cc(C=O)ccc2c1. The van der Waals surface area contributed by atoms with Gasteiger partial charge in [-0.25, -0.2) is 0 Å². The summed E-state index contributed by atoms with van der Waals surface area (Å²) in [6, 6.07) is 10.1. The number of rotatable bonds is 1. The summed E-state index contributed by atoms with van der Waals surface area (Å²) in [5, 5.41) is 2.37. The van der Waals surface area contributed by atoms with Gasteiger partial charge in [0, 0.05) is 5.56 Å². The maximum Gasteiger partial charge on any atom is 0.150 e. The van der Waals surface area contributed by atoms with E-state index in [2.05, 4.69) is 26.0 Å². The molecule has 2 rings (SSSR count). The molecule has 0 aliphatic carbocycles. The van der Waals surface area contributed by atoms with E-state index in [0.29, 0.717) is 0 Å². The van der Waals surface area contributed by atoms with Crippen LogP contribution < -0.4 is 0 Å². The van der Waals surface area contributed by atoms with Crippen LogP contribution in [0.2, 0.25) is 0 Å². The number of hydrogen-bond donors (Lipinski definition) is 0. The van der Waals surface area contributed by atoms with Crippen molar-refractivity contribution in [3.05, 3.63) is 47.0 Å². The Morgan fingerprint density at radius 3 is 2.57 bits per heavy atom. The summed E-state index contributed by atoms with van der Waals surface area (Å²) in [6.07, 6.45) is 0.888. The Labute approximate surface area is 83.4 Å². The van der Waals surface area contributed by atoms with Crippen molar-refractivity contribution in [2.24, 2.45) is 0 Å². The molecule has 0 bridgehead atoms. The zero-order valence-electron chi connectivity index (χ0n) is 8.37. The Morgan fingerprint density at radius 1 is 1.07 bits per heavy atom. The van der Waals surface area contributed by atoms with Crippen molar-refractivity contribution in [3.8, 4) is 0 Å². The molecule has 70 valence electrons. The summed E-state index contributed by atoms with van der Waals surface area (Å²) in [4.78, 5) is 10.6. The smallest absolute Gasteiger partial charge is 0.150 e. The van der Waals surface area contributed by atoms with Gasteiger partial charge in [-0.15, -0.1) is 0 Å². The van der Waals surface area contributed by atoms with Gasteiger partial charge in [-0.05, 0) is 36.2 Å². The van der Waals surface area contributed by atoms with Crippen molar-refractivity contribution in [2.75, 3.05) is 0 Å². The topological polar surface area (TPSA) is 17.1 Å². The lowest BCUT2D eigenvalue weighted by Gasteiger charge is -2.04. The molecule has 1 heteroatoms. The molecule has 0 saturated heterocycles. The molecular weight excluding hydrogens is 172 g/mol. The van der Waals surface area contributed by atoms with E-state index in [9.17, 15) is 4.79 Å². The first-order chi connectivity index (χ1) is 6.70. The Balaban J connectivity index is 2.81. The fraction of sp³-hybridized carbons (Fsp3) is 0.154. The highest BCUT2D eigenvalue weighted by Gasteiger charge is 1.99. The van der Waals surface area contributed by atoms with Crippen molar-refractivity contribution in [3.63, 3.8) is 0 Å². The third-order valence-electron chi connectivity index (χ3n) is 2.47. The molecule has 0 unspecified atom stereocenters. The Hall–Kier alpha value is -1.63. The van der Waals surface area contributed by atoms with Crippen LogP contribution in [0.3, 0.4) is 0 Å². The minimum Gasteiger partial charge on any atom is -0.298 e. The van der Waals surface area contributed by atoms with E-state index in [4.69, 9.17) is 0 Å². The highest BCUT2D eigenvalue weighted by molar-refractivity contribution is 5.91. The van der Waals surface area contributed by atoms with Crippen LogP contribution >= 0.6 is 0 Å². The zero-order chi connectivity index (χ0) is 10.1. The van der Waals surface area contributed by atoms with Crippen molar-refractivity contribution in [1.82, 2.24) is 0 Å². The van der Waals surface area contributed by atoms with Gasteiger partial charge >= 0.3 is 0 Å². The fourth-order valence-corrected chi connectivity index (χ4v) is 1.82. The predicted octanol–water partition coefficient (Wildman–Crippen LogP) is 3.27. The Bertz CT molecular complexity index is 498. The molecule has 0 radical (unpaired) electrons. The first-order valence-electron chi connectivity index (χ1n) is 4.67. The van der Waals surface area contributed by atoms with Gasteiger partial charge < -0.3 is 0 Å². The Kier molecular flexibility index (Phi) is 2.08. The molecule has 0 amide bonds. The van der Waals surface area contributed by atoms with E-state index < -0.39 is 0 Å². The average Bonchev–Trinajstić information content (AvgIpc) is 2.17. The molecule has 2 aromatic rings. The zero-order valence-corrected chi connectivity index (χ0v) is 8.37. The van der Waals surface area contributed by atoms with Crippen LogP contribution in [-0.4, -0.2) is 6.29 Å². The molecule has 2 aromatic carbocycles. The summed E-state index contributed by atoms with van der Waals surface area (Å²) >= 11 is 0. The van der Waals surface area contributed by atoms with Crippen molar-refractivity contribution in [1.29, 1.82) is 0 Å². The summed E-state index contributed by atoms with van der Waals surface area (Å²) in [5.41, 5.74) is 3.22. The van der Waals surface area contributed by atoms with Gasteiger partial charge in [-0.1, -0.05) is 29.8 Å². The largest absolute Gasteiger partial charge is 0.298 e. The fourth-order valence-electron chi connectivity index (χ4n) is 1.82. The molecule has 0 aliphatic heterocycles. The third-order valence-corrected chi connectivity index (χ3v) is 2.47. The quantitative estimate of drug-likeness (QED) is 0.622. The van der Waals surface area contributed by atoms with Gasteiger partial charge in [0.2, 0.25) is 0 Å². The average molecular weight is 184 g/mol. The maximum atomic E-state index is 10.6. The molecule has 14 heavy (non-hydrogen) atoms. The van der Waals surface area contributed by atoms with Crippen molar-refractivity contribution in [2.45, 2.75) is 13.8 Å². The first kappa shape index (κ1) is 8.95. The normalized spacial score (nSPS) is 10.4. The van der Waals surface area contributed by atoms with Crippen LogP contribution in [0.4, 0.5) is 0 Å². The number of carbonyl (C=O) groups is 1. The second-order valence-corrected chi connectivity index (χ2v) is 3.68. The molecule has 1 nitrogen and oxygen atoms in total. The second-order valence-electron chi connectivity index (χ2n) is 3.68. The number of aryl methyl sites for hydroxylation is 2. The minimum atomic E-state index is 0.740. The monoisotopic (exact) mass is 184 g/mol. The van der Waals surface area contributed by atoms with Crippen molar-refractivity contribution >= 4 is 17.1 Å². The van der Waals surface area contributed by atoms with Crippen molar-refractivity contribution < 1.29 is 4.79 Å². The van der Waals surface area contributed by atoms with Crippen LogP contribution in [0.15, 0.2) is 30.3 Å². The highest BCUT2D eigenvalue weighted by Crippen LogP contribution is 2.21. The number of aldehydes is 1. The van der Waals surface area contributed by atoms with Gasteiger partial charge in [0.05, 0.1) is 0 Å². The second kappa shape index (κ2) is 3.26. The van der Waals surface area contributed by atoms with E-state index in [1.165, 1.54) is 21.9 Å². The van der Waals surface area contributed by atoms with Crippen LogP contribution in [-0.2, 0) is 0 Å². The molecule has 0 aliphatic rings. The molecule has 0 atom stereocenters. The predicted molar refractivity (Wildman–Crippen MR) is 58.8 cm³/mol. The summed E-state index contributed by atoms with van der Waals surface area (Å²) in [5.74, 6) is 0. The van der Waals surface area contributed by atoms with Crippen LogP contribution in [0, 0.1) is 13.8 Å². The standard InChI is InChI=1S/C13H12O/c1-9-5-10(2)13-7-11(8-14)3-4-12(13)6-9/h3-8H,1-2H3. The molecule has 0 fully saturated rings. The number of fused-ring (bicyclic) bond motifs is 1. The molecule has 0 heterocycles.